The number of hydrogen-bond donors (Lipinski definition) is 1. The SMILES string of the molecule is Cc1cc(Br)ccc1NCc1nc(-c2ccsc2)no1. The maximum atomic E-state index is 5.25. The van der Waals surface area contributed by atoms with Crippen LogP contribution in [0.5, 0.6) is 0 Å². The largest absolute Gasteiger partial charge is 0.376 e. The molecule has 0 radical (unpaired) electrons. The first-order chi connectivity index (χ1) is 9.72. The van der Waals surface area contributed by atoms with Crippen molar-refractivity contribution >= 4 is 33.0 Å². The zero-order valence-corrected chi connectivity index (χ0v) is 13.2. The number of thiophene rings is 1. The smallest absolute Gasteiger partial charge is 0.246 e. The molecule has 3 aromatic rings. The summed E-state index contributed by atoms with van der Waals surface area (Å²) in [4.78, 5) is 4.37. The lowest BCUT2D eigenvalue weighted by Gasteiger charge is -2.07. The van der Waals surface area contributed by atoms with Gasteiger partial charge in [0.15, 0.2) is 0 Å². The van der Waals surface area contributed by atoms with E-state index >= 15 is 0 Å². The number of aryl methyl sites for hydroxylation is 1. The molecule has 0 unspecified atom stereocenters. The molecule has 0 fully saturated rings. The number of halogens is 1. The van der Waals surface area contributed by atoms with Gasteiger partial charge in [0.25, 0.3) is 0 Å². The highest BCUT2D eigenvalue weighted by molar-refractivity contribution is 9.10. The van der Waals surface area contributed by atoms with Gasteiger partial charge in [-0.2, -0.15) is 16.3 Å². The molecule has 0 amide bonds. The van der Waals surface area contributed by atoms with E-state index in [2.05, 4.69) is 44.4 Å². The maximum Gasteiger partial charge on any atom is 0.246 e. The van der Waals surface area contributed by atoms with Crippen molar-refractivity contribution in [3.05, 3.63) is 51.0 Å². The molecule has 0 spiro atoms. The van der Waals surface area contributed by atoms with E-state index in [1.54, 1.807) is 11.3 Å². The molecule has 4 nitrogen and oxygen atoms in total. The predicted octanol–water partition coefficient (Wildman–Crippen LogP) is 4.48. The highest BCUT2D eigenvalue weighted by atomic mass is 79.9. The predicted molar refractivity (Wildman–Crippen MR) is 83.8 cm³/mol. The van der Waals surface area contributed by atoms with Gasteiger partial charge in [0, 0.05) is 21.1 Å². The molecule has 0 aliphatic rings. The molecule has 0 aliphatic carbocycles. The first-order valence-electron chi connectivity index (χ1n) is 6.07. The Morgan fingerprint density at radius 2 is 2.25 bits per heavy atom. The first kappa shape index (κ1) is 13.3. The number of anilines is 1. The van der Waals surface area contributed by atoms with Crippen LogP contribution >= 0.6 is 27.3 Å². The molecular weight excluding hydrogens is 338 g/mol. The Hall–Kier alpha value is -1.66. The van der Waals surface area contributed by atoms with Gasteiger partial charge in [-0.25, -0.2) is 0 Å². The molecule has 102 valence electrons. The van der Waals surface area contributed by atoms with Crippen LogP contribution in [0.1, 0.15) is 11.5 Å². The zero-order chi connectivity index (χ0) is 13.9. The fraction of sp³-hybridized carbons (Fsp3) is 0.143. The minimum absolute atomic E-state index is 0.514. The number of aromatic nitrogens is 2. The van der Waals surface area contributed by atoms with E-state index in [0.717, 1.165) is 21.3 Å². The summed E-state index contributed by atoms with van der Waals surface area (Å²) < 4.78 is 6.31. The highest BCUT2D eigenvalue weighted by Crippen LogP contribution is 2.21. The van der Waals surface area contributed by atoms with Gasteiger partial charge in [-0.15, -0.1) is 0 Å². The van der Waals surface area contributed by atoms with Gasteiger partial charge >= 0.3 is 0 Å². The lowest BCUT2D eigenvalue weighted by Crippen LogP contribution is -2.01. The topological polar surface area (TPSA) is 51.0 Å². The minimum atomic E-state index is 0.514. The van der Waals surface area contributed by atoms with Gasteiger partial charge in [0.05, 0.1) is 6.54 Å². The van der Waals surface area contributed by atoms with Crippen LogP contribution in [0.4, 0.5) is 5.69 Å². The van der Waals surface area contributed by atoms with Crippen LogP contribution in [0.15, 0.2) is 44.0 Å². The molecule has 6 heteroatoms. The number of benzene rings is 1. The van der Waals surface area contributed by atoms with E-state index in [4.69, 9.17) is 4.52 Å². The molecule has 1 aromatic carbocycles. The van der Waals surface area contributed by atoms with Crippen molar-refractivity contribution in [3.8, 4) is 11.4 Å². The summed E-state index contributed by atoms with van der Waals surface area (Å²) in [5.74, 6) is 1.21. The average Bonchev–Trinajstić information content (AvgIpc) is 3.08. The van der Waals surface area contributed by atoms with Crippen molar-refractivity contribution in [1.29, 1.82) is 0 Å². The van der Waals surface area contributed by atoms with Gasteiger partial charge in [-0.05, 0) is 42.1 Å². The summed E-state index contributed by atoms with van der Waals surface area (Å²) >= 11 is 5.07. The summed E-state index contributed by atoms with van der Waals surface area (Å²) in [7, 11) is 0. The van der Waals surface area contributed by atoms with Crippen molar-refractivity contribution in [3.63, 3.8) is 0 Å². The Balaban J connectivity index is 1.70. The molecule has 0 saturated carbocycles. The summed E-state index contributed by atoms with van der Waals surface area (Å²) in [5, 5.41) is 11.3. The van der Waals surface area contributed by atoms with Crippen molar-refractivity contribution in [2.45, 2.75) is 13.5 Å². The van der Waals surface area contributed by atoms with Crippen LogP contribution in [-0.2, 0) is 6.54 Å². The number of rotatable bonds is 4. The zero-order valence-electron chi connectivity index (χ0n) is 10.8. The van der Waals surface area contributed by atoms with E-state index < -0.39 is 0 Å². The molecule has 3 rings (SSSR count). The lowest BCUT2D eigenvalue weighted by atomic mass is 10.2. The Kier molecular flexibility index (Phi) is 3.84. The van der Waals surface area contributed by atoms with Crippen LogP contribution in [0.3, 0.4) is 0 Å². The van der Waals surface area contributed by atoms with Crippen LogP contribution < -0.4 is 5.32 Å². The van der Waals surface area contributed by atoms with E-state index in [9.17, 15) is 0 Å². The fourth-order valence-corrected chi connectivity index (χ4v) is 2.94. The molecule has 2 heterocycles. The molecule has 1 N–H and O–H groups in total. The molecule has 2 aromatic heterocycles. The van der Waals surface area contributed by atoms with Crippen LogP contribution in [-0.4, -0.2) is 10.1 Å². The van der Waals surface area contributed by atoms with Crippen LogP contribution in [0.2, 0.25) is 0 Å². The summed E-state index contributed by atoms with van der Waals surface area (Å²) in [6.45, 7) is 2.57. The van der Waals surface area contributed by atoms with E-state index in [1.165, 1.54) is 0 Å². The Morgan fingerprint density at radius 3 is 3.00 bits per heavy atom. The molecular formula is C14H12BrN3OS. The fourth-order valence-electron chi connectivity index (χ4n) is 1.83. The third kappa shape index (κ3) is 2.91. The number of hydrogen-bond acceptors (Lipinski definition) is 5. The van der Waals surface area contributed by atoms with Gasteiger partial charge in [-0.1, -0.05) is 21.1 Å². The lowest BCUT2D eigenvalue weighted by molar-refractivity contribution is 0.384. The maximum absolute atomic E-state index is 5.25. The Labute approximate surface area is 129 Å². The molecule has 0 aliphatic heterocycles. The summed E-state index contributed by atoms with van der Waals surface area (Å²) in [5.41, 5.74) is 3.21. The van der Waals surface area contributed by atoms with Gasteiger partial charge in [-0.3, -0.25) is 0 Å². The second-order valence-electron chi connectivity index (χ2n) is 4.34. The van der Waals surface area contributed by atoms with Crippen molar-refractivity contribution in [2.75, 3.05) is 5.32 Å². The average molecular weight is 350 g/mol. The van der Waals surface area contributed by atoms with E-state index in [0.29, 0.717) is 18.3 Å². The third-order valence-corrected chi connectivity index (χ3v) is 4.04. The summed E-state index contributed by atoms with van der Waals surface area (Å²) in [6, 6.07) is 8.06. The molecule has 0 bridgehead atoms. The Morgan fingerprint density at radius 1 is 1.35 bits per heavy atom. The second kappa shape index (κ2) is 5.76. The second-order valence-corrected chi connectivity index (χ2v) is 6.03. The van der Waals surface area contributed by atoms with Gasteiger partial charge in [0.2, 0.25) is 11.7 Å². The standard InChI is InChI=1S/C14H12BrN3OS/c1-9-6-11(15)2-3-12(9)16-7-13-17-14(18-19-13)10-4-5-20-8-10/h2-6,8,16H,7H2,1H3. The highest BCUT2D eigenvalue weighted by Gasteiger charge is 2.09. The molecule has 20 heavy (non-hydrogen) atoms. The summed E-state index contributed by atoms with van der Waals surface area (Å²) in [6.07, 6.45) is 0. The number of nitrogens with one attached hydrogen (secondary N) is 1. The van der Waals surface area contributed by atoms with Crippen molar-refractivity contribution in [1.82, 2.24) is 10.1 Å². The monoisotopic (exact) mass is 349 g/mol. The first-order valence-corrected chi connectivity index (χ1v) is 7.81. The van der Waals surface area contributed by atoms with Crippen molar-refractivity contribution in [2.24, 2.45) is 0 Å². The third-order valence-electron chi connectivity index (χ3n) is 2.87. The van der Waals surface area contributed by atoms with Gasteiger partial charge < -0.3 is 9.84 Å². The van der Waals surface area contributed by atoms with Crippen molar-refractivity contribution < 1.29 is 4.52 Å². The molecule has 0 saturated heterocycles. The normalized spacial score (nSPS) is 10.7. The van der Waals surface area contributed by atoms with E-state index in [-0.39, 0.29) is 0 Å². The Bertz CT molecular complexity index is 709. The quantitative estimate of drug-likeness (QED) is 0.754. The number of nitrogens with zero attached hydrogens (tertiary/aromatic N) is 2. The van der Waals surface area contributed by atoms with Gasteiger partial charge in [0.1, 0.15) is 0 Å². The molecule has 0 atom stereocenters. The van der Waals surface area contributed by atoms with Crippen LogP contribution in [0.25, 0.3) is 11.4 Å². The van der Waals surface area contributed by atoms with Crippen LogP contribution in [0, 0.1) is 6.92 Å². The minimum Gasteiger partial charge on any atom is -0.376 e. The van der Waals surface area contributed by atoms with E-state index in [1.807, 2.05) is 29.0 Å².